The lowest BCUT2D eigenvalue weighted by Gasteiger charge is -2.61. The Hall–Kier alpha value is -0.103. The molecular weight excluding hydrogens is 899 g/mol. The molecule has 71 heavy (non-hydrogen) atoms. The van der Waals surface area contributed by atoms with Gasteiger partial charge in [-0.1, -0.05) is 54.4 Å². The molecule has 0 aromatic heterocycles. The van der Waals surface area contributed by atoms with Gasteiger partial charge in [0.25, 0.3) is 0 Å². The molecule has 11 unspecified atom stereocenters. The Bertz CT molecular complexity index is 1630. The van der Waals surface area contributed by atoms with Gasteiger partial charge in [-0.05, 0) is 266 Å². The molecule has 8 nitrogen and oxygen atoms in total. The molecule has 0 aliphatic heterocycles. The van der Waals surface area contributed by atoms with Crippen molar-refractivity contribution >= 4 is 8.56 Å². The summed E-state index contributed by atoms with van der Waals surface area (Å²) in [5.41, 5.74) is 2.01. The Labute approximate surface area is 437 Å². The summed E-state index contributed by atoms with van der Waals surface area (Å²) < 4.78 is 32.6. The van der Waals surface area contributed by atoms with Crippen molar-refractivity contribution in [3.05, 3.63) is 0 Å². The van der Waals surface area contributed by atoms with Crippen molar-refractivity contribution in [2.24, 2.45) is 92.7 Å². The third-order valence-electron chi connectivity index (χ3n) is 24.5. The van der Waals surface area contributed by atoms with E-state index in [4.69, 9.17) is 23.1 Å². The number of rotatable bonds is 26. The van der Waals surface area contributed by atoms with Crippen LogP contribution in [0.3, 0.4) is 0 Å². The summed E-state index contributed by atoms with van der Waals surface area (Å²) in [6.45, 7) is 24.6. The molecule has 0 radical (unpaired) electrons. The molecule has 8 aliphatic rings. The van der Waals surface area contributed by atoms with E-state index in [9.17, 15) is 10.2 Å². The maximum atomic E-state index is 9.39. The van der Waals surface area contributed by atoms with Crippen LogP contribution in [-0.4, -0.2) is 102 Å². The van der Waals surface area contributed by atoms with Gasteiger partial charge >= 0.3 is 8.56 Å². The van der Waals surface area contributed by atoms with Crippen molar-refractivity contribution in [2.75, 3.05) is 60.3 Å². The van der Waals surface area contributed by atoms with Crippen molar-refractivity contribution in [1.82, 2.24) is 4.90 Å². The summed E-state index contributed by atoms with van der Waals surface area (Å²) in [6, 6.07) is 0. The van der Waals surface area contributed by atoms with E-state index in [1.165, 1.54) is 128 Å². The standard InChI is InChI=1S/C62H113NO7Si/c1-44(52-22-24-54-50-20-18-46-42-48(66-7)27-31-59(46,3)56(50)29-33-61(52,54)5)16-15-40-68-58(70-71(9,10)69-41-14-12-11-13-35-63(36-38-64)37-39-65)26-17-45(2)53-23-25-55-51-21-19-47-43-49(67-8)28-32-60(47,4)57(51)30-34-62(53,55)6/h44-58,64-65H,11-43H2,1-10H3/t44-,45-,46?,47?,48-,49-,50?,51?,52?,53?,54?,55?,56?,57?,58?,59+,60+,61-,62-/m1/s1. The number of aliphatic hydroxyl groups excluding tert-OH is 2. The Morgan fingerprint density at radius 3 is 1.54 bits per heavy atom. The maximum Gasteiger partial charge on any atom is 0.333 e. The van der Waals surface area contributed by atoms with E-state index in [0.29, 0.717) is 52.9 Å². The molecule has 412 valence electrons. The normalized spacial score (nSPS) is 42.4. The highest BCUT2D eigenvalue weighted by atomic mass is 28.4. The van der Waals surface area contributed by atoms with E-state index in [-0.39, 0.29) is 19.5 Å². The van der Waals surface area contributed by atoms with Crippen LogP contribution in [0.1, 0.15) is 208 Å². The third kappa shape index (κ3) is 12.3. The molecule has 0 spiro atoms. The Balaban J connectivity index is 0.844. The molecule has 0 heterocycles. The van der Waals surface area contributed by atoms with Crippen molar-refractivity contribution < 1.29 is 33.3 Å². The van der Waals surface area contributed by atoms with Gasteiger partial charge in [0, 0.05) is 40.5 Å². The zero-order chi connectivity index (χ0) is 50.6. The van der Waals surface area contributed by atoms with E-state index >= 15 is 0 Å². The molecule has 0 bridgehead atoms. The molecule has 0 aromatic rings. The van der Waals surface area contributed by atoms with E-state index in [1.54, 1.807) is 0 Å². The average Bonchev–Trinajstić information content (AvgIpc) is 3.90. The zero-order valence-corrected chi connectivity index (χ0v) is 48.9. The first kappa shape index (κ1) is 57.1. The summed E-state index contributed by atoms with van der Waals surface area (Å²) in [6.07, 6.45) is 34.9. The highest BCUT2D eigenvalue weighted by Gasteiger charge is 2.62. The fraction of sp³-hybridized carbons (Fsp3) is 1.00. The molecule has 0 aromatic carbocycles. The van der Waals surface area contributed by atoms with Crippen LogP contribution < -0.4 is 0 Å². The largest absolute Gasteiger partial charge is 0.395 e. The number of unbranched alkanes of at least 4 members (excludes halogenated alkanes) is 3. The van der Waals surface area contributed by atoms with Gasteiger partial charge in [0.2, 0.25) is 0 Å². The van der Waals surface area contributed by atoms with Crippen LogP contribution >= 0.6 is 0 Å². The highest BCUT2D eigenvalue weighted by molar-refractivity contribution is 6.64. The fourth-order valence-electron chi connectivity index (χ4n) is 20.5. The van der Waals surface area contributed by atoms with Crippen LogP contribution in [0.25, 0.3) is 0 Å². The molecule has 2 N–H and O–H groups in total. The minimum atomic E-state index is -2.44. The Kier molecular flexibility index (Phi) is 19.9. The number of nitrogens with zero attached hydrogens (tertiary/aromatic N) is 1. The minimum absolute atomic E-state index is 0.145. The molecule has 0 amide bonds. The lowest BCUT2D eigenvalue weighted by atomic mass is 9.44. The summed E-state index contributed by atoms with van der Waals surface area (Å²) >= 11 is 0. The van der Waals surface area contributed by atoms with Gasteiger partial charge in [0.15, 0.2) is 0 Å². The predicted molar refractivity (Wildman–Crippen MR) is 292 cm³/mol. The van der Waals surface area contributed by atoms with E-state index in [2.05, 4.69) is 59.5 Å². The van der Waals surface area contributed by atoms with Crippen LogP contribution in [0.4, 0.5) is 0 Å². The lowest BCUT2D eigenvalue weighted by molar-refractivity contribution is -0.134. The van der Waals surface area contributed by atoms with Gasteiger partial charge in [0.05, 0.1) is 25.4 Å². The molecule has 8 rings (SSSR count). The second kappa shape index (κ2) is 24.7. The minimum Gasteiger partial charge on any atom is -0.395 e. The number of aliphatic hydroxyl groups is 2. The summed E-state index contributed by atoms with van der Waals surface area (Å²) in [4.78, 5) is 2.16. The van der Waals surface area contributed by atoms with Gasteiger partial charge in [-0.25, -0.2) is 0 Å². The smallest absolute Gasteiger partial charge is 0.333 e. The molecular formula is C62H113NO7Si. The summed E-state index contributed by atoms with van der Waals surface area (Å²) in [7, 11) is 1.45. The summed E-state index contributed by atoms with van der Waals surface area (Å²) in [5.74, 6) is 10.3. The van der Waals surface area contributed by atoms with Crippen LogP contribution in [0.5, 0.6) is 0 Å². The number of methoxy groups -OCH3 is 2. The number of hydrogen-bond acceptors (Lipinski definition) is 8. The van der Waals surface area contributed by atoms with Crippen molar-refractivity contribution in [2.45, 2.75) is 240 Å². The molecule has 9 heteroatoms. The fourth-order valence-corrected chi connectivity index (χ4v) is 22.0. The first-order valence-electron chi connectivity index (χ1n) is 31.0. The van der Waals surface area contributed by atoms with Crippen molar-refractivity contribution in [3.63, 3.8) is 0 Å². The molecule has 19 atom stereocenters. The number of ether oxygens (including phenoxy) is 3. The van der Waals surface area contributed by atoms with Crippen LogP contribution in [0, 0.1) is 92.7 Å². The Morgan fingerprint density at radius 2 is 1.01 bits per heavy atom. The van der Waals surface area contributed by atoms with Crippen molar-refractivity contribution in [3.8, 4) is 0 Å². The predicted octanol–water partition coefficient (Wildman–Crippen LogP) is 14.1. The zero-order valence-electron chi connectivity index (χ0n) is 47.9. The van der Waals surface area contributed by atoms with Gasteiger partial charge in [0.1, 0.15) is 6.29 Å². The molecule has 8 fully saturated rings. The second-order valence-electron chi connectivity index (χ2n) is 28.1. The van der Waals surface area contributed by atoms with Crippen LogP contribution in [-0.2, 0) is 23.1 Å². The van der Waals surface area contributed by atoms with Crippen LogP contribution in [0.2, 0.25) is 13.1 Å². The van der Waals surface area contributed by atoms with Gasteiger partial charge in [-0.2, -0.15) is 0 Å². The van der Waals surface area contributed by atoms with E-state index in [1.807, 2.05) is 14.2 Å². The quantitative estimate of drug-likeness (QED) is 0.0503. The highest BCUT2D eigenvalue weighted by Crippen LogP contribution is 2.70. The van der Waals surface area contributed by atoms with Gasteiger partial charge in [-0.15, -0.1) is 0 Å². The molecule has 0 saturated heterocycles. The SMILES string of the molecule is CO[C@@H]1CC[C@@]2(C)C(CCC3C2CC[C@@]2(C)C3CCC2[C@H](C)CCCOC(CC[C@@H](C)C2CCC3C4CCC5C[C@H](OC)CC[C@]5(C)C4CC[C@@]32C)O[Si](C)(C)OCCCCCCN(CCO)CCO)C1. The van der Waals surface area contributed by atoms with Gasteiger partial charge in [-0.3, -0.25) is 4.90 Å². The average molecular weight is 1010 g/mol. The first-order valence-corrected chi connectivity index (χ1v) is 33.8. The van der Waals surface area contributed by atoms with E-state index in [0.717, 1.165) is 123 Å². The van der Waals surface area contributed by atoms with E-state index < -0.39 is 8.56 Å². The third-order valence-corrected chi connectivity index (χ3v) is 26.2. The van der Waals surface area contributed by atoms with Gasteiger partial charge < -0.3 is 33.3 Å². The Morgan fingerprint density at radius 1 is 0.521 bits per heavy atom. The second-order valence-corrected chi connectivity index (χ2v) is 31.4. The topological polar surface area (TPSA) is 89.9 Å². The van der Waals surface area contributed by atoms with Crippen molar-refractivity contribution in [1.29, 1.82) is 0 Å². The summed E-state index contributed by atoms with van der Waals surface area (Å²) in [5, 5.41) is 18.8. The monoisotopic (exact) mass is 1010 g/mol. The maximum absolute atomic E-state index is 9.39. The molecule has 8 aliphatic carbocycles. The first-order chi connectivity index (χ1) is 34.0. The lowest BCUT2D eigenvalue weighted by Crippen LogP contribution is -2.54. The molecule has 8 saturated carbocycles. The number of hydrogen-bond donors (Lipinski definition) is 2. The number of fused-ring (bicyclic) bond motifs is 10. The van der Waals surface area contributed by atoms with Crippen LogP contribution in [0.15, 0.2) is 0 Å².